The molecule has 0 aromatic heterocycles. The second kappa shape index (κ2) is 4.94. The Morgan fingerprint density at radius 2 is 1.85 bits per heavy atom. The zero-order chi connectivity index (χ0) is 9.84. The molecule has 1 fully saturated rings. The summed E-state index contributed by atoms with van der Waals surface area (Å²) in [6.45, 7) is 5.65. The van der Waals surface area contributed by atoms with Crippen LogP contribution in [-0.2, 0) is 0 Å². The molecule has 1 aliphatic carbocycles. The fraction of sp³-hybridized carbons (Fsp3) is 1.00. The second-order valence-electron chi connectivity index (χ2n) is 4.45. The molecule has 0 aromatic rings. The summed E-state index contributed by atoms with van der Waals surface area (Å²) >= 11 is 0. The second-order valence-corrected chi connectivity index (χ2v) is 4.45. The van der Waals surface area contributed by atoms with Crippen molar-refractivity contribution in [2.75, 3.05) is 13.1 Å². The van der Waals surface area contributed by atoms with Gasteiger partial charge in [0.1, 0.15) is 0 Å². The molecule has 0 unspecified atom stereocenters. The van der Waals surface area contributed by atoms with Crippen molar-refractivity contribution in [2.24, 2.45) is 11.8 Å². The average molecular weight is 187 g/mol. The maximum atomic E-state index is 9.53. The zero-order valence-corrected chi connectivity index (χ0v) is 8.53. The van der Waals surface area contributed by atoms with Crippen molar-refractivity contribution in [3.05, 3.63) is 0 Å². The lowest BCUT2D eigenvalue weighted by molar-refractivity contribution is 0.00679. The van der Waals surface area contributed by atoms with Crippen LogP contribution in [0.1, 0.15) is 26.7 Å². The van der Waals surface area contributed by atoms with Crippen molar-refractivity contribution >= 4 is 0 Å². The van der Waals surface area contributed by atoms with Crippen molar-refractivity contribution in [3.63, 3.8) is 0 Å². The highest BCUT2D eigenvalue weighted by atomic mass is 16.3. The molecule has 2 atom stereocenters. The van der Waals surface area contributed by atoms with Gasteiger partial charge in [-0.15, -0.1) is 0 Å². The first-order valence-corrected chi connectivity index (χ1v) is 5.18. The third-order valence-electron chi connectivity index (χ3n) is 2.41. The van der Waals surface area contributed by atoms with Gasteiger partial charge in [0.05, 0.1) is 12.2 Å². The van der Waals surface area contributed by atoms with E-state index < -0.39 is 12.2 Å². The van der Waals surface area contributed by atoms with Gasteiger partial charge in [-0.2, -0.15) is 0 Å². The zero-order valence-electron chi connectivity index (χ0n) is 8.53. The van der Waals surface area contributed by atoms with Crippen LogP contribution >= 0.6 is 0 Å². The molecule has 13 heavy (non-hydrogen) atoms. The van der Waals surface area contributed by atoms with Gasteiger partial charge < -0.3 is 15.5 Å². The minimum Gasteiger partial charge on any atom is -0.390 e. The third kappa shape index (κ3) is 4.07. The summed E-state index contributed by atoms with van der Waals surface area (Å²) in [5.74, 6) is 0.945. The van der Waals surface area contributed by atoms with Gasteiger partial charge in [-0.1, -0.05) is 13.8 Å². The van der Waals surface area contributed by atoms with Gasteiger partial charge in [-0.25, -0.2) is 0 Å². The van der Waals surface area contributed by atoms with Crippen LogP contribution in [-0.4, -0.2) is 35.5 Å². The molecule has 0 saturated heterocycles. The summed E-state index contributed by atoms with van der Waals surface area (Å²) in [6, 6.07) is 0. The van der Waals surface area contributed by atoms with E-state index in [0.29, 0.717) is 18.4 Å². The van der Waals surface area contributed by atoms with Crippen molar-refractivity contribution < 1.29 is 10.2 Å². The van der Waals surface area contributed by atoms with Gasteiger partial charge in [0, 0.05) is 6.54 Å². The summed E-state index contributed by atoms with van der Waals surface area (Å²) in [7, 11) is 0. The normalized spacial score (nSPS) is 21.9. The molecular weight excluding hydrogens is 166 g/mol. The van der Waals surface area contributed by atoms with Crippen LogP contribution < -0.4 is 5.32 Å². The minimum atomic E-state index is -0.591. The van der Waals surface area contributed by atoms with Crippen LogP contribution in [0.15, 0.2) is 0 Å². The van der Waals surface area contributed by atoms with Crippen molar-refractivity contribution in [2.45, 2.75) is 38.9 Å². The summed E-state index contributed by atoms with van der Waals surface area (Å²) in [6.07, 6.45) is 1.04. The number of hydrogen-bond acceptors (Lipinski definition) is 3. The van der Waals surface area contributed by atoms with Crippen molar-refractivity contribution in [3.8, 4) is 0 Å². The third-order valence-corrected chi connectivity index (χ3v) is 2.41. The molecule has 3 N–H and O–H groups in total. The van der Waals surface area contributed by atoms with E-state index in [1.807, 2.05) is 0 Å². The lowest BCUT2D eigenvalue weighted by Gasteiger charge is -2.18. The number of nitrogens with one attached hydrogen (secondary N) is 1. The van der Waals surface area contributed by atoms with Gasteiger partial charge in [0.15, 0.2) is 0 Å². The van der Waals surface area contributed by atoms with Crippen molar-refractivity contribution in [1.82, 2.24) is 5.32 Å². The lowest BCUT2D eigenvalue weighted by Crippen LogP contribution is -2.38. The highest BCUT2D eigenvalue weighted by molar-refractivity contribution is 4.86. The Morgan fingerprint density at radius 1 is 1.23 bits per heavy atom. The lowest BCUT2D eigenvalue weighted by atomic mass is 10.1. The Hall–Kier alpha value is -0.120. The summed E-state index contributed by atoms with van der Waals surface area (Å²) in [5, 5.41) is 22.2. The Kier molecular flexibility index (Phi) is 4.16. The topological polar surface area (TPSA) is 52.5 Å². The minimum absolute atomic E-state index is 0.357. The van der Waals surface area contributed by atoms with Crippen molar-refractivity contribution in [1.29, 1.82) is 0 Å². The van der Waals surface area contributed by atoms with Gasteiger partial charge in [0.2, 0.25) is 0 Å². The number of aliphatic hydroxyl groups excluding tert-OH is 2. The fourth-order valence-corrected chi connectivity index (χ4v) is 1.39. The molecule has 1 saturated carbocycles. The standard InChI is InChI=1S/C10H21NO2/c1-7(2)5-11-6-9(12)10(13)8-3-4-8/h7-13H,3-6H2,1-2H3/t9-,10+/m1/s1. The van der Waals surface area contributed by atoms with Crippen LogP contribution in [0, 0.1) is 11.8 Å². The maximum Gasteiger partial charge on any atom is 0.0925 e. The highest BCUT2D eigenvalue weighted by Crippen LogP contribution is 2.33. The SMILES string of the molecule is CC(C)CNC[C@@H](O)[C@@H](O)C1CC1. The smallest absolute Gasteiger partial charge is 0.0925 e. The van der Waals surface area contributed by atoms with Crippen LogP contribution in [0.4, 0.5) is 0 Å². The molecule has 78 valence electrons. The maximum absolute atomic E-state index is 9.53. The Balaban J connectivity index is 2.05. The predicted octanol–water partition coefficient (Wildman–Crippen LogP) is 0.364. The monoisotopic (exact) mass is 187 g/mol. The Labute approximate surface area is 80.2 Å². The van der Waals surface area contributed by atoms with Crippen LogP contribution in [0.25, 0.3) is 0 Å². The average Bonchev–Trinajstić information content (AvgIpc) is 2.84. The quantitative estimate of drug-likeness (QED) is 0.563. The number of rotatable bonds is 6. The molecule has 0 aliphatic heterocycles. The van der Waals surface area contributed by atoms with Gasteiger partial charge in [0.25, 0.3) is 0 Å². The highest BCUT2D eigenvalue weighted by Gasteiger charge is 2.34. The van der Waals surface area contributed by atoms with E-state index in [2.05, 4.69) is 19.2 Å². The van der Waals surface area contributed by atoms with Crippen LogP contribution in [0.2, 0.25) is 0 Å². The van der Waals surface area contributed by atoms with E-state index in [4.69, 9.17) is 0 Å². The molecule has 3 heteroatoms. The molecule has 1 aliphatic rings. The Bertz CT molecular complexity index is 146. The van der Waals surface area contributed by atoms with Gasteiger partial charge in [-0.05, 0) is 31.2 Å². The first-order chi connectivity index (χ1) is 6.11. The number of aliphatic hydroxyl groups is 2. The van der Waals surface area contributed by atoms with E-state index in [1.165, 1.54) is 0 Å². The van der Waals surface area contributed by atoms with E-state index in [-0.39, 0.29) is 0 Å². The first kappa shape index (κ1) is 11.0. The molecule has 0 spiro atoms. The fourth-order valence-electron chi connectivity index (χ4n) is 1.39. The van der Waals surface area contributed by atoms with E-state index >= 15 is 0 Å². The summed E-state index contributed by atoms with van der Waals surface area (Å²) in [4.78, 5) is 0. The summed E-state index contributed by atoms with van der Waals surface area (Å²) < 4.78 is 0. The molecule has 0 amide bonds. The Morgan fingerprint density at radius 3 is 2.31 bits per heavy atom. The van der Waals surface area contributed by atoms with E-state index in [1.54, 1.807) is 0 Å². The first-order valence-electron chi connectivity index (χ1n) is 5.18. The van der Waals surface area contributed by atoms with Gasteiger partial charge >= 0.3 is 0 Å². The molecule has 1 rings (SSSR count). The van der Waals surface area contributed by atoms with Gasteiger partial charge in [-0.3, -0.25) is 0 Å². The molecule has 0 radical (unpaired) electrons. The van der Waals surface area contributed by atoms with Crippen LogP contribution in [0.3, 0.4) is 0 Å². The number of hydrogen-bond donors (Lipinski definition) is 3. The molecule has 0 bridgehead atoms. The van der Waals surface area contributed by atoms with Crippen LogP contribution in [0.5, 0.6) is 0 Å². The van der Waals surface area contributed by atoms with E-state index in [0.717, 1.165) is 19.4 Å². The molecule has 0 aromatic carbocycles. The molecule has 0 heterocycles. The predicted molar refractivity (Wildman–Crippen MR) is 52.4 cm³/mol. The summed E-state index contributed by atoms with van der Waals surface area (Å²) in [5.41, 5.74) is 0. The molecular formula is C10H21NO2. The van der Waals surface area contributed by atoms with E-state index in [9.17, 15) is 10.2 Å². The largest absolute Gasteiger partial charge is 0.390 e. The molecule has 3 nitrogen and oxygen atoms in total.